The summed E-state index contributed by atoms with van der Waals surface area (Å²) in [6.07, 6.45) is 5.61. The summed E-state index contributed by atoms with van der Waals surface area (Å²) in [5, 5.41) is 1.14. The second-order valence-corrected chi connectivity index (χ2v) is 7.73. The molecule has 1 saturated heterocycles. The fourth-order valence-electron chi connectivity index (χ4n) is 4.26. The molecule has 1 aromatic carbocycles. The molecule has 2 amide bonds. The summed E-state index contributed by atoms with van der Waals surface area (Å²) >= 11 is 0. The van der Waals surface area contributed by atoms with Gasteiger partial charge in [0.25, 0.3) is 0 Å². The Morgan fingerprint density at radius 1 is 1.21 bits per heavy atom. The number of urea groups is 1. The van der Waals surface area contributed by atoms with Crippen LogP contribution in [-0.2, 0) is 24.1 Å². The van der Waals surface area contributed by atoms with E-state index in [1.54, 1.807) is 0 Å². The number of hydrogen-bond donors (Lipinski definition) is 1. The van der Waals surface area contributed by atoms with E-state index in [4.69, 9.17) is 6.11 Å². The molecule has 0 radical (unpaired) electrons. The maximum atomic E-state index is 12.8. The Hall–Kier alpha value is -2.86. The van der Waals surface area contributed by atoms with E-state index in [0.717, 1.165) is 46.1 Å². The molecule has 1 fully saturated rings. The minimum absolute atomic E-state index is 0.0571. The minimum atomic E-state index is 0.0571. The van der Waals surface area contributed by atoms with Crippen LogP contribution in [0, 0.1) is 0 Å². The van der Waals surface area contributed by atoms with E-state index in [1.165, 1.54) is 5.56 Å². The number of H-pyrrole nitrogens is 1. The average Bonchev–Trinajstić information content (AvgIpc) is 3.21. The number of rotatable bonds is 2. The Balaban J connectivity index is 1.42. The zero-order valence-electron chi connectivity index (χ0n) is 17.7. The van der Waals surface area contributed by atoms with Crippen molar-refractivity contribution in [2.24, 2.45) is 0 Å². The van der Waals surface area contributed by atoms with E-state index >= 15 is 0 Å². The minimum Gasteiger partial charge on any atom is -0.378 e. The van der Waals surface area contributed by atoms with Crippen molar-refractivity contribution in [3.8, 4) is 11.1 Å². The number of hydrogen-bond acceptors (Lipinski definition) is 3. The van der Waals surface area contributed by atoms with Crippen molar-refractivity contribution in [1.29, 1.82) is 0 Å². The number of aromatic amines is 1. The lowest BCUT2D eigenvalue weighted by atomic mass is 9.95. The first-order valence-corrected chi connectivity index (χ1v) is 10.3. The number of aromatic nitrogens is 2. The van der Waals surface area contributed by atoms with Crippen molar-refractivity contribution in [2.45, 2.75) is 26.3 Å². The van der Waals surface area contributed by atoms with Crippen LogP contribution in [0.3, 0.4) is 0 Å². The number of carbonyl (C=O) groups excluding carboxylic acids is 1. The topological polar surface area (TPSA) is 61.5 Å². The molecule has 2 aliphatic heterocycles. The number of nitrogens with one attached hydrogen (secondary N) is 1. The largest absolute Gasteiger partial charge is 0.378 e. The van der Waals surface area contributed by atoms with Gasteiger partial charge in [-0.25, -0.2) is 9.78 Å². The molecular weight excluding hydrogens is 364 g/mol. The van der Waals surface area contributed by atoms with E-state index in [-0.39, 0.29) is 6.03 Å². The van der Waals surface area contributed by atoms with Gasteiger partial charge in [-0.3, -0.25) is 0 Å². The van der Waals surface area contributed by atoms with Crippen molar-refractivity contribution in [2.75, 3.05) is 32.8 Å². The van der Waals surface area contributed by atoms with Crippen molar-refractivity contribution in [1.82, 2.24) is 19.8 Å². The van der Waals surface area contributed by atoms with Gasteiger partial charge < -0.3 is 19.5 Å². The van der Waals surface area contributed by atoms with E-state index in [2.05, 4.69) is 29.0 Å². The van der Waals surface area contributed by atoms with Crippen LogP contribution >= 0.6 is 0 Å². The first kappa shape index (κ1) is 17.0. The smallest absolute Gasteiger partial charge is 0.320 e. The molecule has 0 spiro atoms. The van der Waals surface area contributed by atoms with Crippen LogP contribution in [0.15, 0.2) is 36.6 Å². The zero-order valence-corrected chi connectivity index (χ0v) is 16.7. The molecule has 5 rings (SSSR count). The van der Waals surface area contributed by atoms with E-state index in [0.29, 0.717) is 45.4 Å². The van der Waals surface area contributed by atoms with Gasteiger partial charge >= 0.3 is 6.03 Å². The molecule has 29 heavy (non-hydrogen) atoms. The molecule has 0 unspecified atom stereocenters. The lowest BCUT2D eigenvalue weighted by Crippen LogP contribution is -2.49. The Kier molecular flexibility index (Phi) is 4.42. The lowest BCUT2D eigenvalue weighted by molar-refractivity contribution is 0.0421. The number of ether oxygens (including phenoxy) is 1. The van der Waals surface area contributed by atoms with Crippen LogP contribution < -0.4 is 0 Å². The van der Waals surface area contributed by atoms with Gasteiger partial charge in [-0.2, -0.15) is 0 Å². The number of fused-ring (bicyclic) bond motifs is 2. The number of amides is 2. The number of aryl methyl sites for hydroxylation is 1. The third-order valence-corrected chi connectivity index (χ3v) is 6.00. The standard InChI is InChI=1S/C23H26N4O2/c1-2-16-13-24-22-21(16)12-20(14-25-22)17-3-4-19-15-27(6-5-18(19)11-17)23(28)26-7-9-29-10-8-26/h3-4,11-14H,2,5-10,15H2,1H3,(H,24,25)/i4D. The molecule has 4 heterocycles. The summed E-state index contributed by atoms with van der Waals surface area (Å²) in [6.45, 7) is 5.80. The second-order valence-electron chi connectivity index (χ2n) is 7.73. The monoisotopic (exact) mass is 391 g/mol. The molecule has 6 nitrogen and oxygen atoms in total. The second kappa shape index (κ2) is 7.52. The zero-order chi connectivity index (χ0) is 20.7. The number of pyridine rings is 1. The van der Waals surface area contributed by atoms with Crippen LogP contribution in [0.2, 0.25) is 0 Å². The maximum absolute atomic E-state index is 12.8. The highest BCUT2D eigenvalue weighted by molar-refractivity contribution is 5.84. The molecule has 0 atom stereocenters. The highest BCUT2D eigenvalue weighted by Crippen LogP contribution is 2.29. The van der Waals surface area contributed by atoms with Gasteiger partial charge in [0.05, 0.1) is 14.6 Å². The maximum Gasteiger partial charge on any atom is 0.320 e. The van der Waals surface area contributed by atoms with Crippen molar-refractivity contribution in [3.05, 3.63) is 53.3 Å². The molecule has 0 saturated carbocycles. The third-order valence-electron chi connectivity index (χ3n) is 6.00. The van der Waals surface area contributed by atoms with Gasteiger partial charge in [-0.15, -0.1) is 0 Å². The Morgan fingerprint density at radius 2 is 2.07 bits per heavy atom. The summed E-state index contributed by atoms with van der Waals surface area (Å²) in [5.74, 6) is 0. The fourth-order valence-corrected chi connectivity index (χ4v) is 4.26. The molecule has 0 aliphatic carbocycles. The first-order chi connectivity index (χ1) is 14.6. The highest BCUT2D eigenvalue weighted by atomic mass is 16.5. The summed E-state index contributed by atoms with van der Waals surface area (Å²) < 4.78 is 14.0. The van der Waals surface area contributed by atoms with Gasteiger partial charge in [0, 0.05) is 49.5 Å². The Labute approximate surface area is 171 Å². The lowest BCUT2D eigenvalue weighted by Gasteiger charge is -2.35. The highest BCUT2D eigenvalue weighted by Gasteiger charge is 2.26. The average molecular weight is 391 g/mol. The molecule has 2 aliphatic rings. The van der Waals surface area contributed by atoms with E-state index < -0.39 is 0 Å². The Bertz CT molecular complexity index is 1100. The predicted octanol–water partition coefficient (Wildman–Crippen LogP) is 3.60. The molecule has 2 aromatic heterocycles. The van der Waals surface area contributed by atoms with E-state index in [9.17, 15) is 4.79 Å². The van der Waals surface area contributed by atoms with E-state index in [1.807, 2.05) is 28.3 Å². The third kappa shape index (κ3) is 3.38. The van der Waals surface area contributed by atoms with Gasteiger partial charge in [-0.1, -0.05) is 25.1 Å². The first-order valence-electron chi connectivity index (χ1n) is 10.8. The number of carbonyl (C=O) groups is 1. The normalized spacial score (nSPS) is 17.3. The predicted molar refractivity (Wildman–Crippen MR) is 113 cm³/mol. The molecular formula is C23H26N4O2. The van der Waals surface area contributed by atoms with Crippen molar-refractivity contribution in [3.63, 3.8) is 0 Å². The van der Waals surface area contributed by atoms with Crippen LogP contribution in [0.1, 0.15) is 25.0 Å². The molecule has 3 aromatic rings. The fraction of sp³-hybridized carbons (Fsp3) is 0.391. The Morgan fingerprint density at radius 3 is 2.90 bits per heavy atom. The van der Waals surface area contributed by atoms with Crippen LogP contribution in [0.5, 0.6) is 0 Å². The van der Waals surface area contributed by atoms with Crippen LogP contribution in [0.25, 0.3) is 22.2 Å². The van der Waals surface area contributed by atoms with Gasteiger partial charge in [0.2, 0.25) is 0 Å². The summed E-state index contributed by atoms with van der Waals surface area (Å²) in [6, 6.07) is 6.79. The van der Waals surface area contributed by atoms with Crippen molar-refractivity contribution < 1.29 is 10.9 Å². The van der Waals surface area contributed by atoms with Crippen LogP contribution in [-0.4, -0.2) is 58.6 Å². The van der Waals surface area contributed by atoms with Crippen molar-refractivity contribution >= 4 is 17.1 Å². The SMILES string of the molecule is [2H]c1cc(-c2cnc3[nH]cc(CC)c3c2)cc2c1CN(C(=O)N1CCOCC1)CC2. The molecule has 0 bridgehead atoms. The molecule has 150 valence electrons. The number of benzene rings is 1. The summed E-state index contributed by atoms with van der Waals surface area (Å²) in [4.78, 5) is 24.4. The van der Waals surface area contributed by atoms with Gasteiger partial charge in [0.1, 0.15) is 5.65 Å². The summed E-state index contributed by atoms with van der Waals surface area (Å²) in [7, 11) is 0. The van der Waals surface area contributed by atoms with Gasteiger partial charge in [0.15, 0.2) is 0 Å². The molecule has 6 heteroatoms. The number of morpholine rings is 1. The quantitative estimate of drug-likeness (QED) is 0.726. The molecule has 1 N–H and O–H groups in total. The van der Waals surface area contributed by atoms with Gasteiger partial charge in [-0.05, 0) is 41.2 Å². The summed E-state index contributed by atoms with van der Waals surface area (Å²) in [5.41, 5.74) is 6.31. The van der Waals surface area contributed by atoms with Crippen LogP contribution in [0.4, 0.5) is 4.79 Å². The number of nitrogens with zero attached hydrogens (tertiary/aromatic N) is 3.